The molecular weight excluding hydrogens is 224 g/mol. The van der Waals surface area contributed by atoms with E-state index < -0.39 is 9.84 Å². The van der Waals surface area contributed by atoms with Gasteiger partial charge in [-0.05, 0) is 31.1 Å². The number of ketones is 1. The van der Waals surface area contributed by atoms with Crippen molar-refractivity contribution >= 4 is 15.6 Å². The van der Waals surface area contributed by atoms with Gasteiger partial charge in [-0.15, -0.1) is 0 Å². The minimum Gasteiger partial charge on any atom is -0.299 e. The summed E-state index contributed by atoms with van der Waals surface area (Å²) in [4.78, 5) is 11.8. The Kier molecular flexibility index (Phi) is 3.38. The smallest absolute Gasteiger partial charge is 0.150 e. The second kappa shape index (κ2) is 4.47. The number of carbonyl (C=O) groups excluding carboxylic acids is 1. The fourth-order valence-corrected chi connectivity index (χ4v) is 3.95. The lowest BCUT2D eigenvalue weighted by Crippen LogP contribution is -2.12. The molecule has 0 aromatic heterocycles. The minimum atomic E-state index is -2.89. The highest BCUT2D eigenvalue weighted by atomic mass is 32.2. The molecule has 2 rings (SSSR count). The van der Waals surface area contributed by atoms with Crippen LogP contribution in [0.25, 0.3) is 0 Å². The van der Waals surface area contributed by atoms with Crippen LogP contribution in [0, 0.1) is 17.8 Å². The molecule has 0 bridgehead atoms. The van der Waals surface area contributed by atoms with Crippen LogP contribution < -0.4 is 0 Å². The topological polar surface area (TPSA) is 51.2 Å². The van der Waals surface area contributed by atoms with Gasteiger partial charge >= 0.3 is 0 Å². The SMILES string of the molecule is CCS(=O)(=O)CCCC(=O)C1C2CCCC21. The molecule has 0 aliphatic heterocycles. The Balaban J connectivity index is 1.70. The number of sulfone groups is 1. The van der Waals surface area contributed by atoms with Crippen molar-refractivity contribution in [2.24, 2.45) is 17.8 Å². The van der Waals surface area contributed by atoms with E-state index in [0.717, 1.165) is 0 Å². The summed E-state index contributed by atoms with van der Waals surface area (Å²) < 4.78 is 22.5. The third-order valence-electron chi connectivity index (χ3n) is 4.10. The van der Waals surface area contributed by atoms with Crippen LogP contribution in [0.4, 0.5) is 0 Å². The Morgan fingerprint density at radius 3 is 2.44 bits per heavy atom. The summed E-state index contributed by atoms with van der Waals surface area (Å²) in [6.07, 6.45) is 4.70. The molecule has 0 amide bonds. The number of rotatable bonds is 6. The maximum atomic E-state index is 11.8. The highest BCUT2D eigenvalue weighted by molar-refractivity contribution is 7.91. The van der Waals surface area contributed by atoms with Gasteiger partial charge < -0.3 is 0 Å². The maximum Gasteiger partial charge on any atom is 0.150 e. The number of hydrogen-bond acceptors (Lipinski definition) is 3. The first kappa shape index (κ1) is 12.1. The Morgan fingerprint density at radius 1 is 1.25 bits per heavy atom. The fraction of sp³-hybridized carbons (Fsp3) is 0.917. The molecule has 16 heavy (non-hydrogen) atoms. The first-order valence-corrected chi connectivity index (χ1v) is 8.10. The highest BCUT2D eigenvalue weighted by Gasteiger charge is 2.55. The van der Waals surface area contributed by atoms with Crippen molar-refractivity contribution in [2.75, 3.05) is 11.5 Å². The summed E-state index contributed by atoms with van der Waals surface area (Å²) in [7, 11) is -2.89. The van der Waals surface area contributed by atoms with Gasteiger partial charge in [-0.2, -0.15) is 0 Å². The van der Waals surface area contributed by atoms with E-state index in [-0.39, 0.29) is 11.5 Å². The van der Waals surface area contributed by atoms with Gasteiger partial charge in [-0.3, -0.25) is 4.79 Å². The van der Waals surface area contributed by atoms with Crippen molar-refractivity contribution in [1.82, 2.24) is 0 Å². The maximum absolute atomic E-state index is 11.8. The largest absolute Gasteiger partial charge is 0.299 e. The molecule has 0 saturated heterocycles. The molecule has 92 valence electrons. The molecule has 0 aromatic rings. The zero-order valence-corrected chi connectivity index (χ0v) is 10.6. The molecule has 2 atom stereocenters. The lowest BCUT2D eigenvalue weighted by molar-refractivity contribution is -0.121. The van der Waals surface area contributed by atoms with E-state index in [1.807, 2.05) is 0 Å². The van der Waals surface area contributed by atoms with E-state index in [2.05, 4.69) is 0 Å². The number of Topliss-reactive ketones (excluding diaryl/α,β-unsaturated/α-hetero) is 1. The number of fused-ring (bicyclic) bond motifs is 1. The van der Waals surface area contributed by atoms with Crippen molar-refractivity contribution in [3.8, 4) is 0 Å². The molecule has 2 aliphatic carbocycles. The predicted molar refractivity (Wildman–Crippen MR) is 62.9 cm³/mol. The van der Waals surface area contributed by atoms with Crippen molar-refractivity contribution in [3.05, 3.63) is 0 Å². The Morgan fingerprint density at radius 2 is 1.88 bits per heavy atom. The third kappa shape index (κ3) is 2.47. The van der Waals surface area contributed by atoms with Crippen LogP contribution in [0.5, 0.6) is 0 Å². The molecule has 4 heteroatoms. The van der Waals surface area contributed by atoms with Crippen LogP contribution in [-0.4, -0.2) is 25.7 Å². The first-order chi connectivity index (χ1) is 7.55. The second-order valence-corrected chi connectivity index (χ2v) is 7.56. The van der Waals surface area contributed by atoms with Crippen LogP contribution in [0.15, 0.2) is 0 Å². The van der Waals surface area contributed by atoms with Gasteiger partial charge in [-0.25, -0.2) is 8.42 Å². The normalized spacial score (nSPS) is 32.4. The standard InChI is InChI=1S/C12H20O3S/c1-2-16(14,15)8-4-7-11(13)12-9-5-3-6-10(9)12/h9-10,12H,2-8H2,1H3. The van der Waals surface area contributed by atoms with Gasteiger partial charge in [0, 0.05) is 18.1 Å². The predicted octanol–water partition coefficient (Wildman–Crippen LogP) is 1.82. The van der Waals surface area contributed by atoms with E-state index in [4.69, 9.17) is 0 Å². The lowest BCUT2D eigenvalue weighted by atomic mass is 10.0. The average molecular weight is 244 g/mol. The lowest BCUT2D eigenvalue weighted by Gasteiger charge is -2.03. The number of carbonyl (C=O) groups is 1. The van der Waals surface area contributed by atoms with Gasteiger partial charge in [0.25, 0.3) is 0 Å². The van der Waals surface area contributed by atoms with Gasteiger partial charge in [-0.1, -0.05) is 13.3 Å². The van der Waals surface area contributed by atoms with Crippen LogP contribution in [0.3, 0.4) is 0 Å². The molecule has 0 radical (unpaired) electrons. The van der Waals surface area contributed by atoms with Crippen molar-refractivity contribution in [2.45, 2.75) is 39.0 Å². The summed E-state index contributed by atoms with van der Waals surface area (Å²) in [6.45, 7) is 1.66. The van der Waals surface area contributed by atoms with Crippen LogP contribution >= 0.6 is 0 Å². The van der Waals surface area contributed by atoms with Crippen LogP contribution in [0.1, 0.15) is 39.0 Å². The van der Waals surface area contributed by atoms with Gasteiger partial charge in [0.15, 0.2) is 0 Å². The molecule has 0 heterocycles. The summed E-state index contributed by atoms with van der Waals surface area (Å²) >= 11 is 0. The highest BCUT2D eigenvalue weighted by Crippen LogP contribution is 2.58. The summed E-state index contributed by atoms with van der Waals surface area (Å²) in [5, 5.41) is 0. The Labute approximate surface area is 97.5 Å². The van der Waals surface area contributed by atoms with Gasteiger partial charge in [0.05, 0.1) is 5.75 Å². The monoisotopic (exact) mass is 244 g/mol. The van der Waals surface area contributed by atoms with Crippen LogP contribution in [-0.2, 0) is 14.6 Å². The molecule has 0 spiro atoms. The van der Waals surface area contributed by atoms with E-state index in [1.54, 1.807) is 6.92 Å². The van der Waals surface area contributed by atoms with E-state index >= 15 is 0 Å². The van der Waals surface area contributed by atoms with Crippen molar-refractivity contribution in [3.63, 3.8) is 0 Å². The third-order valence-corrected chi connectivity index (χ3v) is 5.89. The average Bonchev–Trinajstić information content (AvgIpc) is 2.73. The first-order valence-electron chi connectivity index (χ1n) is 6.28. The second-order valence-electron chi connectivity index (χ2n) is 5.09. The van der Waals surface area contributed by atoms with E-state index in [9.17, 15) is 13.2 Å². The van der Waals surface area contributed by atoms with E-state index in [1.165, 1.54) is 19.3 Å². The summed E-state index contributed by atoms with van der Waals surface area (Å²) in [6, 6.07) is 0. The minimum absolute atomic E-state index is 0.178. The Hall–Kier alpha value is -0.380. The molecule has 2 saturated carbocycles. The summed E-state index contributed by atoms with van der Waals surface area (Å²) in [5.41, 5.74) is 0. The molecule has 2 fully saturated rings. The number of hydrogen-bond donors (Lipinski definition) is 0. The molecular formula is C12H20O3S. The summed E-state index contributed by atoms with van der Waals surface area (Å²) in [5.74, 6) is 2.32. The molecule has 3 nitrogen and oxygen atoms in total. The molecule has 0 aromatic carbocycles. The zero-order valence-electron chi connectivity index (χ0n) is 9.81. The van der Waals surface area contributed by atoms with Crippen molar-refractivity contribution < 1.29 is 13.2 Å². The van der Waals surface area contributed by atoms with Crippen molar-refractivity contribution in [1.29, 1.82) is 0 Å². The van der Waals surface area contributed by atoms with E-state index in [0.29, 0.717) is 36.4 Å². The van der Waals surface area contributed by atoms with Gasteiger partial charge in [0.1, 0.15) is 15.6 Å². The molecule has 2 aliphatic rings. The molecule has 2 unspecified atom stereocenters. The Bertz CT molecular complexity index is 362. The van der Waals surface area contributed by atoms with Crippen LogP contribution in [0.2, 0.25) is 0 Å². The fourth-order valence-electron chi connectivity index (χ4n) is 3.08. The quantitative estimate of drug-likeness (QED) is 0.716. The zero-order chi connectivity index (χ0) is 11.8. The van der Waals surface area contributed by atoms with Gasteiger partial charge in [0.2, 0.25) is 0 Å². The molecule has 0 N–H and O–H groups in total.